The molecule has 1 heterocycles. The number of Topliss-reactive ketones (excluding diaryl/α,β-unsaturated/α-hetero) is 1. The number of likely N-dealkylation sites (tertiary alicyclic amines) is 1. The fraction of sp³-hybridized carbons (Fsp3) is 0.667. The summed E-state index contributed by atoms with van der Waals surface area (Å²) < 4.78 is 29.1. The van der Waals surface area contributed by atoms with Crippen LogP contribution in [-0.4, -0.2) is 57.9 Å². The van der Waals surface area contributed by atoms with Crippen molar-refractivity contribution in [2.45, 2.75) is 52.4 Å². The van der Waals surface area contributed by atoms with Crippen molar-refractivity contribution in [2.75, 3.05) is 42.6 Å². The van der Waals surface area contributed by atoms with Crippen molar-refractivity contribution in [2.24, 2.45) is 16.7 Å². The monoisotopic (exact) mass is 461 g/mol. The van der Waals surface area contributed by atoms with E-state index in [-0.39, 0.29) is 28.8 Å². The summed E-state index contributed by atoms with van der Waals surface area (Å²) in [5, 5.41) is 0. The quantitative estimate of drug-likeness (QED) is 0.701. The van der Waals surface area contributed by atoms with Crippen molar-refractivity contribution in [3.05, 3.63) is 23.8 Å². The molecule has 3 aliphatic rings. The van der Waals surface area contributed by atoms with Gasteiger partial charge in [-0.25, -0.2) is 8.42 Å². The largest absolute Gasteiger partial charge is 0.377 e. The number of anilines is 2. The molecule has 0 aromatic heterocycles. The lowest BCUT2D eigenvalue weighted by Gasteiger charge is -2.36. The molecule has 2 atom stereocenters. The predicted octanol–water partition coefficient (Wildman–Crippen LogP) is 3.52. The molecule has 4 rings (SSSR count). The Bertz CT molecular complexity index is 1030. The number of fused-ring (bicyclic) bond motifs is 2. The number of hydrogen-bond acceptors (Lipinski definition) is 5. The summed E-state index contributed by atoms with van der Waals surface area (Å²) in [5.74, 6) is 0.0675. The van der Waals surface area contributed by atoms with Crippen LogP contribution in [0, 0.1) is 16.7 Å². The van der Waals surface area contributed by atoms with Gasteiger partial charge in [-0.3, -0.25) is 14.3 Å². The highest BCUT2D eigenvalue weighted by atomic mass is 32.2. The van der Waals surface area contributed by atoms with E-state index in [4.69, 9.17) is 0 Å². The predicted molar refractivity (Wildman–Crippen MR) is 126 cm³/mol. The molecule has 3 fully saturated rings. The number of nitrogens with one attached hydrogen (secondary N) is 1. The van der Waals surface area contributed by atoms with Crippen LogP contribution < -0.4 is 9.62 Å². The number of benzene rings is 1. The SMILES string of the molecule is CN(C)c1ccc(NS(=O)(=O)CC23CCC(CC2=O)C3(C)C)cc1C(=O)N1CCCCC1. The van der Waals surface area contributed by atoms with Gasteiger partial charge in [-0.05, 0) is 61.6 Å². The normalized spacial score (nSPS) is 26.9. The van der Waals surface area contributed by atoms with Crippen LogP contribution in [0.15, 0.2) is 18.2 Å². The van der Waals surface area contributed by atoms with Crippen LogP contribution in [0.2, 0.25) is 0 Å². The second kappa shape index (κ2) is 8.04. The maximum atomic E-state index is 13.2. The molecule has 1 N–H and O–H groups in total. The molecule has 1 aromatic carbocycles. The van der Waals surface area contributed by atoms with Crippen LogP contribution in [0.5, 0.6) is 0 Å². The third-order valence-electron chi connectivity index (χ3n) is 8.20. The molecule has 1 amide bonds. The van der Waals surface area contributed by atoms with Gasteiger partial charge < -0.3 is 9.80 Å². The molecule has 1 aliphatic heterocycles. The third-order valence-corrected chi connectivity index (χ3v) is 9.62. The zero-order valence-corrected chi connectivity index (χ0v) is 20.4. The van der Waals surface area contributed by atoms with Gasteiger partial charge in [-0.15, -0.1) is 0 Å². The topological polar surface area (TPSA) is 86.8 Å². The number of sulfonamides is 1. The van der Waals surface area contributed by atoms with Crippen molar-refractivity contribution >= 4 is 33.1 Å². The van der Waals surface area contributed by atoms with Gasteiger partial charge in [0.05, 0.1) is 16.7 Å². The van der Waals surface area contributed by atoms with Crippen molar-refractivity contribution in [3.63, 3.8) is 0 Å². The first-order chi connectivity index (χ1) is 15.0. The molecule has 1 saturated heterocycles. The molecule has 0 spiro atoms. The van der Waals surface area contributed by atoms with Gasteiger partial charge in [0.2, 0.25) is 10.0 Å². The fourth-order valence-electron chi connectivity index (χ4n) is 6.08. The van der Waals surface area contributed by atoms with E-state index in [1.165, 1.54) is 0 Å². The lowest BCUT2D eigenvalue weighted by Crippen LogP contribution is -2.43. The third kappa shape index (κ3) is 3.80. The molecule has 176 valence electrons. The average Bonchev–Trinajstić information content (AvgIpc) is 3.07. The Kier molecular flexibility index (Phi) is 5.80. The molecule has 8 heteroatoms. The Morgan fingerprint density at radius 3 is 2.44 bits per heavy atom. The molecule has 2 saturated carbocycles. The lowest BCUT2D eigenvalue weighted by atomic mass is 9.70. The summed E-state index contributed by atoms with van der Waals surface area (Å²) in [4.78, 5) is 29.7. The summed E-state index contributed by atoms with van der Waals surface area (Å²) >= 11 is 0. The molecular weight excluding hydrogens is 426 g/mol. The van der Waals surface area contributed by atoms with Crippen LogP contribution in [0.4, 0.5) is 11.4 Å². The van der Waals surface area contributed by atoms with Gasteiger partial charge in [0, 0.05) is 45.0 Å². The van der Waals surface area contributed by atoms with Crippen molar-refractivity contribution in [1.29, 1.82) is 0 Å². The number of piperidine rings is 1. The number of carbonyl (C=O) groups excluding carboxylic acids is 2. The molecule has 2 bridgehead atoms. The van der Waals surface area contributed by atoms with Crippen LogP contribution in [0.3, 0.4) is 0 Å². The van der Waals surface area contributed by atoms with Gasteiger partial charge in [-0.1, -0.05) is 13.8 Å². The highest BCUT2D eigenvalue weighted by molar-refractivity contribution is 7.92. The first-order valence-electron chi connectivity index (χ1n) is 11.6. The zero-order chi connectivity index (χ0) is 23.3. The molecule has 2 aliphatic carbocycles. The van der Waals surface area contributed by atoms with Gasteiger partial charge >= 0.3 is 0 Å². The van der Waals surface area contributed by atoms with E-state index in [9.17, 15) is 18.0 Å². The highest BCUT2D eigenvalue weighted by Crippen LogP contribution is 2.64. The van der Waals surface area contributed by atoms with Crippen LogP contribution in [0.1, 0.15) is 62.7 Å². The second-order valence-electron chi connectivity index (χ2n) is 10.5. The van der Waals surface area contributed by atoms with Crippen LogP contribution in [0.25, 0.3) is 0 Å². The van der Waals surface area contributed by atoms with E-state index in [1.807, 2.05) is 37.7 Å². The number of hydrogen-bond donors (Lipinski definition) is 1. The molecule has 1 aromatic rings. The Morgan fingerprint density at radius 1 is 1.19 bits per heavy atom. The second-order valence-corrected chi connectivity index (χ2v) is 12.2. The summed E-state index contributed by atoms with van der Waals surface area (Å²) in [6, 6.07) is 5.11. The molecule has 2 unspecified atom stereocenters. The standard InChI is InChI=1S/C24H35N3O4S/c1-23(2)17-10-11-24(23,21(28)14-17)16-32(30,31)25-18-8-9-20(26(3)4)19(15-18)22(29)27-12-6-5-7-13-27/h8-9,15,17,25H,5-7,10-14,16H2,1-4H3. The molecule has 7 nitrogen and oxygen atoms in total. The van der Waals surface area contributed by atoms with Gasteiger partial charge in [-0.2, -0.15) is 0 Å². The van der Waals surface area contributed by atoms with Crippen molar-refractivity contribution in [3.8, 4) is 0 Å². The molecular formula is C24H35N3O4S. The minimum Gasteiger partial charge on any atom is -0.377 e. The van der Waals surface area contributed by atoms with Crippen LogP contribution in [-0.2, 0) is 14.8 Å². The Labute approximate surface area is 191 Å². The fourth-order valence-corrected chi connectivity index (χ4v) is 7.96. The Balaban J connectivity index is 1.60. The number of rotatable bonds is 6. The van der Waals surface area contributed by atoms with E-state index in [0.29, 0.717) is 24.1 Å². The minimum atomic E-state index is -3.78. The Morgan fingerprint density at radius 2 is 1.88 bits per heavy atom. The van der Waals surface area contributed by atoms with Gasteiger partial charge in [0.1, 0.15) is 5.78 Å². The van der Waals surface area contributed by atoms with E-state index < -0.39 is 15.4 Å². The van der Waals surface area contributed by atoms with E-state index in [1.54, 1.807) is 18.2 Å². The number of nitrogens with zero attached hydrogens (tertiary/aromatic N) is 2. The number of carbonyl (C=O) groups is 2. The number of ketones is 1. The maximum absolute atomic E-state index is 13.2. The summed E-state index contributed by atoms with van der Waals surface area (Å²) in [5.41, 5.74) is 0.481. The van der Waals surface area contributed by atoms with Crippen molar-refractivity contribution < 1.29 is 18.0 Å². The molecule has 32 heavy (non-hydrogen) atoms. The summed E-state index contributed by atoms with van der Waals surface area (Å²) in [7, 11) is -0.0343. The Hall–Kier alpha value is -2.09. The highest BCUT2D eigenvalue weighted by Gasteiger charge is 2.65. The summed E-state index contributed by atoms with van der Waals surface area (Å²) in [6.07, 6.45) is 5.11. The first kappa shape index (κ1) is 23.1. The van der Waals surface area contributed by atoms with Gasteiger partial charge in [0.25, 0.3) is 5.91 Å². The maximum Gasteiger partial charge on any atom is 0.256 e. The van der Waals surface area contributed by atoms with E-state index in [0.717, 1.165) is 44.5 Å². The summed E-state index contributed by atoms with van der Waals surface area (Å²) in [6.45, 7) is 5.52. The van der Waals surface area contributed by atoms with Crippen molar-refractivity contribution in [1.82, 2.24) is 4.90 Å². The first-order valence-corrected chi connectivity index (χ1v) is 13.3. The van der Waals surface area contributed by atoms with E-state index in [2.05, 4.69) is 4.72 Å². The van der Waals surface area contributed by atoms with E-state index >= 15 is 0 Å². The lowest BCUT2D eigenvalue weighted by molar-refractivity contribution is -0.128. The zero-order valence-electron chi connectivity index (χ0n) is 19.6. The van der Waals surface area contributed by atoms with Gasteiger partial charge in [0.15, 0.2) is 0 Å². The molecule has 0 radical (unpaired) electrons. The van der Waals surface area contributed by atoms with Crippen LogP contribution >= 0.6 is 0 Å². The minimum absolute atomic E-state index is 0.0706. The average molecular weight is 462 g/mol. The smallest absolute Gasteiger partial charge is 0.256 e. The number of amides is 1.